The van der Waals surface area contributed by atoms with E-state index in [9.17, 15) is 0 Å². The fourth-order valence-electron chi connectivity index (χ4n) is 2.36. The van der Waals surface area contributed by atoms with E-state index in [1.165, 1.54) is 18.4 Å². The van der Waals surface area contributed by atoms with Crippen molar-refractivity contribution in [2.24, 2.45) is 5.92 Å². The van der Waals surface area contributed by atoms with Gasteiger partial charge in [-0.05, 0) is 49.3 Å². The molecular weight excluding hydrogens is 246 g/mol. The molecule has 1 aliphatic carbocycles. The van der Waals surface area contributed by atoms with Gasteiger partial charge in [0.25, 0.3) is 0 Å². The van der Waals surface area contributed by atoms with Crippen molar-refractivity contribution in [3.8, 4) is 5.75 Å². The minimum atomic E-state index is 0.641. The fourth-order valence-corrected chi connectivity index (χ4v) is 2.36. The van der Waals surface area contributed by atoms with Crippen LogP contribution in [-0.4, -0.2) is 12.6 Å². The third kappa shape index (κ3) is 5.38. The second kappa shape index (κ2) is 8.11. The second-order valence-electron chi connectivity index (χ2n) is 6.04. The lowest BCUT2D eigenvalue weighted by Gasteiger charge is -2.19. The van der Waals surface area contributed by atoms with E-state index >= 15 is 0 Å². The van der Waals surface area contributed by atoms with E-state index in [1.54, 1.807) is 0 Å². The average Bonchev–Trinajstić information content (AvgIpc) is 2.47. The number of allylic oxidation sites excluding steroid dienone is 1. The Morgan fingerprint density at radius 1 is 1.20 bits per heavy atom. The van der Waals surface area contributed by atoms with Crippen LogP contribution in [0.2, 0.25) is 0 Å². The van der Waals surface area contributed by atoms with Gasteiger partial charge in [0.2, 0.25) is 0 Å². The summed E-state index contributed by atoms with van der Waals surface area (Å²) in [6.45, 7) is 6.20. The molecule has 2 rings (SSSR count). The summed E-state index contributed by atoms with van der Waals surface area (Å²) < 4.78 is 5.74. The van der Waals surface area contributed by atoms with E-state index in [0.717, 1.165) is 31.7 Å². The van der Waals surface area contributed by atoms with Crippen LogP contribution in [0.3, 0.4) is 0 Å². The Morgan fingerprint density at radius 3 is 2.65 bits per heavy atom. The summed E-state index contributed by atoms with van der Waals surface area (Å²) in [7, 11) is 0. The molecule has 0 aromatic heterocycles. The third-order valence-electron chi connectivity index (χ3n) is 3.75. The maximum absolute atomic E-state index is 5.74. The zero-order chi connectivity index (χ0) is 14.2. The van der Waals surface area contributed by atoms with Crippen LogP contribution in [0.5, 0.6) is 5.75 Å². The molecule has 2 heteroatoms. The van der Waals surface area contributed by atoms with Gasteiger partial charge in [0.05, 0.1) is 6.61 Å². The van der Waals surface area contributed by atoms with Gasteiger partial charge < -0.3 is 10.1 Å². The largest absolute Gasteiger partial charge is 0.494 e. The monoisotopic (exact) mass is 273 g/mol. The zero-order valence-corrected chi connectivity index (χ0v) is 12.8. The third-order valence-corrected chi connectivity index (χ3v) is 3.75. The molecule has 2 nitrogen and oxygen atoms in total. The summed E-state index contributed by atoms with van der Waals surface area (Å²) in [5.41, 5.74) is 1.33. The highest BCUT2D eigenvalue weighted by Gasteiger charge is 2.08. The van der Waals surface area contributed by atoms with Crippen molar-refractivity contribution < 1.29 is 4.74 Å². The molecule has 0 amide bonds. The maximum atomic E-state index is 5.74. The van der Waals surface area contributed by atoms with Crippen molar-refractivity contribution in [3.05, 3.63) is 42.0 Å². The van der Waals surface area contributed by atoms with E-state index < -0.39 is 0 Å². The molecule has 0 saturated heterocycles. The van der Waals surface area contributed by atoms with Gasteiger partial charge in [0.15, 0.2) is 0 Å². The summed E-state index contributed by atoms with van der Waals surface area (Å²) in [4.78, 5) is 0. The van der Waals surface area contributed by atoms with Gasteiger partial charge in [0.1, 0.15) is 5.75 Å². The van der Waals surface area contributed by atoms with Crippen LogP contribution < -0.4 is 10.1 Å². The highest BCUT2D eigenvalue weighted by atomic mass is 16.5. The van der Waals surface area contributed by atoms with Gasteiger partial charge in [-0.3, -0.25) is 0 Å². The van der Waals surface area contributed by atoms with Crippen LogP contribution in [0.25, 0.3) is 0 Å². The molecule has 0 spiro atoms. The summed E-state index contributed by atoms with van der Waals surface area (Å²) >= 11 is 0. The van der Waals surface area contributed by atoms with Crippen LogP contribution in [-0.2, 0) is 6.54 Å². The van der Waals surface area contributed by atoms with Gasteiger partial charge in [-0.2, -0.15) is 0 Å². The molecule has 1 N–H and O–H groups in total. The second-order valence-corrected chi connectivity index (χ2v) is 6.04. The molecule has 0 bridgehead atoms. The minimum Gasteiger partial charge on any atom is -0.494 e. The van der Waals surface area contributed by atoms with Gasteiger partial charge >= 0.3 is 0 Å². The molecule has 110 valence electrons. The number of benzene rings is 1. The molecule has 20 heavy (non-hydrogen) atoms. The highest BCUT2D eigenvalue weighted by Crippen LogP contribution is 2.15. The molecule has 0 radical (unpaired) electrons. The minimum absolute atomic E-state index is 0.641. The molecule has 0 saturated carbocycles. The molecule has 0 aliphatic heterocycles. The van der Waals surface area contributed by atoms with Crippen molar-refractivity contribution in [2.75, 3.05) is 6.61 Å². The lowest BCUT2D eigenvalue weighted by atomic mass is 10.0. The number of nitrogens with one attached hydrogen (secondary N) is 1. The summed E-state index contributed by atoms with van der Waals surface area (Å²) in [6.07, 6.45) is 9.30. The van der Waals surface area contributed by atoms with Gasteiger partial charge in [-0.1, -0.05) is 38.1 Å². The van der Waals surface area contributed by atoms with Crippen molar-refractivity contribution in [3.63, 3.8) is 0 Å². The Balaban J connectivity index is 1.72. The topological polar surface area (TPSA) is 21.3 Å². The number of hydrogen-bond donors (Lipinski definition) is 1. The first-order chi connectivity index (χ1) is 9.74. The smallest absolute Gasteiger partial charge is 0.119 e. The van der Waals surface area contributed by atoms with Crippen molar-refractivity contribution in [2.45, 2.75) is 52.1 Å². The van der Waals surface area contributed by atoms with Crippen molar-refractivity contribution >= 4 is 0 Å². The Morgan fingerprint density at radius 2 is 2.00 bits per heavy atom. The summed E-state index contributed by atoms with van der Waals surface area (Å²) in [5.74, 6) is 1.68. The zero-order valence-electron chi connectivity index (χ0n) is 12.8. The Kier molecular flexibility index (Phi) is 6.13. The lowest BCUT2D eigenvalue weighted by Crippen LogP contribution is -2.29. The molecular formula is C18H27NO. The van der Waals surface area contributed by atoms with Crippen LogP contribution in [0.1, 0.15) is 45.1 Å². The molecule has 1 aliphatic rings. The first kappa shape index (κ1) is 15.1. The van der Waals surface area contributed by atoms with Crippen LogP contribution >= 0.6 is 0 Å². The molecule has 0 heterocycles. The molecule has 1 aromatic rings. The Hall–Kier alpha value is -1.28. The van der Waals surface area contributed by atoms with Crippen LogP contribution in [0.15, 0.2) is 36.4 Å². The molecule has 1 aromatic carbocycles. The van der Waals surface area contributed by atoms with Gasteiger partial charge in [-0.25, -0.2) is 0 Å². The number of rotatable bonds is 7. The van der Waals surface area contributed by atoms with Crippen LogP contribution in [0.4, 0.5) is 0 Å². The van der Waals surface area contributed by atoms with E-state index in [0.29, 0.717) is 12.0 Å². The summed E-state index contributed by atoms with van der Waals surface area (Å²) in [5, 5.41) is 3.62. The SMILES string of the molecule is CC(C)CCOc1ccc(CNC2CC=CCC2)cc1. The standard InChI is InChI=1S/C18H27NO/c1-15(2)12-13-20-18-10-8-16(9-11-18)14-19-17-6-4-3-5-7-17/h3-4,8-11,15,17,19H,5-7,12-14H2,1-2H3. The Labute approximate surface area is 123 Å². The molecule has 1 unspecified atom stereocenters. The van der Waals surface area contributed by atoms with Crippen LogP contribution in [0, 0.1) is 5.92 Å². The van der Waals surface area contributed by atoms with E-state index in [4.69, 9.17) is 4.74 Å². The quantitative estimate of drug-likeness (QED) is 0.747. The fraction of sp³-hybridized carbons (Fsp3) is 0.556. The van der Waals surface area contributed by atoms with Gasteiger partial charge in [0, 0.05) is 12.6 Å². The van der Waals surface area contributed by atoms with E-state index in [1.807, 2.05) is 0 Å². The molecule has 0 fully saturated rings. The van der Waals surface area contributed by atoms with E-state index in [2.05, 4.69) is 55.6 Å². The van der Waals surface area contributed by atoms with Crippen molar-refractivity contribution in [1.82, 2.24) is 5.32 Å². The highest BCUT2D eigenvalue weighted by molar-refractivity contribution is 5.27. The lowest BCUT2D eigenvalue weighted by molar-refractivity contribution is 0.289. The van der Waals surface area contributed by atoms with E-state index in [-0.39, 0.29) is 0 Å². The number of hydrogen-bond acceptors (Lipinski definition) is 2. The van der Waals surface area contributed by atoms with Gasteiger partial charge in [-0.15, -0.1) is 0 Å². The Bertz CT molecular complexity index is 408. The predicted molar refractivity (Wildman–Crippen MR) is 85.0 cm³/mol. The average molecular weight is 273 g/mol. The summed E-state index contributed by atoms with van der Waals surface area (Å²) in [6, 6.07) is 9.13. The van der Waals surface area contributed by atoms with Crippen molar-refractivity contribution in [1.29, 1.82) is 0 Å². The molecule has 1 atom stereocenters. The first-order valence-electron chi connectivity index (χ1n) is 7.84. The maximum Gasteiger partial charge on any atom is 0.119 e. The number of ether oxygens (including phenoxy) is 1. The first-order valence-corrected chi connectivity index (χ1v) is 7.84. The normalized spacial score (nSPS) is 18.4. The predicted octanol–water partition coefficient (Wildman–Crippen LogP) is 4.31.